The number of ether oxygens (including phenoxy) is 1. The predicted octanol–water partition coefficient (Wildman–Crippen LogP) is 2.23. The van der Waals surface area contributed by atoms with Gasteiger partial charge in [-0.3, -0.25) is 4.79 Å². The van der Waals surface area contributed by atoms with Crippen molar-refractivity contribution in [2.24, 2.45) is 5.92 Å². The van der Waals surface area contributed by atoms with Crippen LogP contribution >= 0.6 is 0 Å². The van der Waals surface area contributed by atoms with Crippen molar-refractivity contribution in [1.29, 1.82) is 0 Å². The van der Waals surface area contributed by atoms with Gasteiger partial charge in [-0.05, 0) is 24.0 Å². The Morgan fingerprint density at radius 2 is 2.05 bits per heavy atom. The number of fused-ring (bicyclic) bond motifs is 1. The van der Waals surface area contributed by atoms with Crippen LogP contribution in [0.3, 0.4) is 0 Å². The Morgan fingerprint density at radius 3 is 2.63 bits per heavy atom. The first-order valence-electron chi connectivity index (χ1n) is 6.51. The number of hydrogen-bond donors (Lipinski definition) is 0. The van der Waals surface area contributed by atoms with Gasteiger partial charge in [-0.2, -0.15) is 0 Å². The lowest BCUT2D eigenvalue weighted by Crippen LogP contribution is -2.42. The molecule has 102 valence electrons. The number of carbonyl (C=O) groups is 2. The Morgan fingerprint density at radius 1 is 1.37 bits per heavy atom. The zero-order chi connectivity index (χ0) is 14.0. The SMILES string of the molecule is COC(=O)[C@H](CC(C)C)N1Cc2ccccc2C1=O. The highest BCUT2D eigenvalue weighted by molar-refractivity contribution is 6.00. The van der Waals surface area contributed by atoms with Crippen molar-refractivity contribution in [3.05, 3.63) is 35.4 Å². The average molecular weight is 261 g/mol. The highest BCUT2D eigenvalue weighted by atomic mass is 16.5. The third kappa shape index (κ3) is 2.62. The Kier molecular flexibility index (Phi) is 3.88. The highest BCUT2D eigenvalue weighted by Crippen LogP contribution is 2.27. The van der Waals surface area contributed by atoms with E-state index in [0.717, 1.165) is 5.56 Å². The van der Waals surface area contributed by atoms with Gasteiger partial charge in [0.05, 0.1) is 7.11 Å². The fourth-order valence-electron chi connectivity index (χ4n) is 2.46. The van der Waals surface area contributed by atoms with E-state index in [2.05, 4.69) is 0 Å². The number of rotatable bonds is 4. The van der Waals surface area contributed by atoms with Crippen LogP contribution in [-0.4, -0.2) is 29.9 Å². The van der Waals surface area contributed by atoms with Gasteiger partial charge in [0.2, 0.25) is 0 Å². The van der Waals surface area contributed by atoms with Gasteiger partial charge >= 0.3 is 5.97 Å². The molecule has 19 heavy (non-hydrogen) atoms. The molecule has 0 unspecified atom stereocenters. The van der Waals surface area contributed by atoms with Gasteiger partial charge in [0.15, 0.2) is 0 Å². The Bertz CT molecular complexity index is 496. The topological polar surface area (TPSA) is 46.6 Å². The van der Waals surface area contributed by atoms with Crippen molar-refractivity contribution in [2.75, 3.05) is 7.11 Å². The predicted molar refractivity (Wildman–Crippen MR) is 71.6 cm³/mol. The largest absolute Gasteiger partial charge is 0.467 e. The maximum atomic E-state index is 12.4. The minimum atomic E-state index is -0.495. The summed E-state index contributed by atoms with van der Waals surface area (Å²) < 4.78 is 4.84. The van der Waals surface area contributed by atoms with Crippen LogP contribution in [0.15, 0.2) is 24.3 Å². The van der Waals surface area contributed by atoms with E-state index in [1.54, 1.807) is 11.0 Å². The van der Waals surface area contributed by atoms with Crippen LogP contribution in [0.2, 0.25) is 0 Å². The highest BCUT2D eigenvalue weighted by Gasteiger charge is 2.36. The molecule has 0 bridgehead atoms. The molecule has 4 nitrogen and oxygen atoms in total. The monoisotopic (exact) mass is 261 g/mol. The second-order valence-corrected chi connectivity index (χ2v) is 5.26. The molecule has 1 aromatic carbocycles. The number of hydrogen-bond acceptors (Lipinski definition) is 3. The number of benzene rings is 1. The van der Waals surface area contributed by atoms with Crippen molar-refractivity contribution in [2.45, 2.75) is 32.9 Å². The number of nitrogens with zero attached hydrogens (tertiary/aromatic N) is 1. The number of carbonyl (C=O) groups excluding carboxylic acids is 2. The standard InChI is InChI=1S/C15H19NO3/c1-10(2)8-13(15(18)19-3)16-9-11-6-4-5-7-12(11)14(16)17/h4-7,10,13H,8-9H2,1-3H3/t13-/m0/s1. The summed E-state index contributed by atoms with van der Waals surface area (Å²) in [7, 11) is 1.36. The van der Waals surface area contributed by atoms with Crippen molar-refractivity contribution in [1.82, 2.24) is 4.90 Å². The normalized spacial score (nSPS) is 15.6. The van der Waals surface area contributed by atoms with Gasteiger partial charge < -0.3 is 9.64 Å². The summed E-state index contributed by atoms with van der Waals surface area (Å²) in [5.41, 5.74) is 1.67. The molecule has 0 aliphatic carbocycles. The second kappa shape index (κ2) is 5.43. The average Bonchev–Trinajstić information content (AvgIpc) is 2.73. The van der Waals surface area contributed by atoms with E-state index in [0.29, 0.717) is 24.4 Å². The zero-order valence-corrected chi connectivity index (χ0v) is 11.6. The lowest BCUT2D eigenvalue weighted by molar-refractivity contribution is -0.146. The molecule has 0 spiro atoms. The molecule has 1 aliphatic heterocycles. The van der Waals surface area contributed by atoms with Crippen LogP contribution in [0.25, 0.3) is 0 Å². The van der Waals surface area contributed by atoms with E-state index in [1.807, 2.05) is 32.0 Å². The minimum Gasteiger partial charge on any atom is -0.467 e. The Balaban J connectivity index is 2.26. The molecule has 1 aromatic rings. The van der Waals surface area contributed by atoms with Crippen LogP contribution in [0.4, 0.5) is 0 Å². The van der Waals surface area contributed by atoms with E-state index >= 15 is 0 Å². The zero-order valence-electron chi connectivity index (χ0n) is 11.6. The lowest BCUT2D eigenvalue weighted by Gasteiger charge is -2.26. The van der Waals surface area contributed by atoms with Gasteiger partial charge in [-0.25, -0.2) is 4.79 Å². The number of amides is 1. The van der Waals surface area contributed by atoms with Crippen LogP contribution in [0.1, 0.15) is 36.2 Å². The third-order valence-corrected chi connectivity index (χ3v) is 3.39. The first-order chi connectivity index (χ1) is 9.04. The molecule has 4 heteroatoms. The molecule has 0 aromatic heterocycles. The first kappa shape index (κ1) is 13.6. The molecule has 1 atom stereocenters. The molecular weight excluding hydrogens is 242 g/mol. The van der Waals surface area contributed by atoms with Crippen LogP contribution in [0.5, 0.6) is 0 Å². The molecule has 1 aliphatic rings. The van der Waals surface area contributed by atoms with Gasteiger partial charge in [0.25, 0.3) is 5.91 Å². The summed E-state index contributed by atoms with van der Waals surface area (Å²) in [4.78, 5) is 25.9. The Labute approximate surface area is 113 Å². The molecule has 1 amide bonds. The van der Waals surface area contributed by atoms with Gasteiger partial charge in [-0.15, -0.1) is 0 Å². The van der Waals surface area contributed by atoms with Crippen molar-refractivity contribution in [3.8, 4) is 0 Å². The first-order valence-corrected chi connectivity index (χ1v) is 6.51. The van der Waals surface area contributed by atoms with E-state index in [4.69, 9.17) is 4.74 Å². The fraction of sp³-hybridized carbons (Fsp3) is 0.467. The smallest absolute Gasteiger partial charge is 0.328 e. The van der Waals surface area contributed by atoms with E-state index in [9.17, 15) is 9.59 Å². The second-order valence-electron chi connectivity index (χ2n) is 5.26. The van der Waals surface area contributed by atoms with E-state index < -0.39 is 6.04 Å². The molecule has 2 rings (SSSR count). The molecule has 0 saturated heterocycles. The summed E-state index contributed by atoms with van der Waals surface area (Å²) in [6.07, 6.45) is 0.617. The number of methoxy groups -OCH3 is 1. The summed E-state index contributed by atoms with van der Waals surface area (Å²) in [5.74, 6) is -0.0953. The summed E-state index contributed by atoms with van der Waals surface area (Å²) in [5, 5.41) is 0. The summed E-state index contributed by atoms with van der Waals surface area (Å²) in [6.45, 7) is 4.55. The molecule has 0 saturated carbocycles. The molecule has 0 radical (unpaired) electrons. The van der Waals surface area contributed by atoms with Crippen molar-refractivity contribution >= 4 is 11.9 Å². The minimum absolute atomic E-state index is 0.0772. The molecule has 0 N–H and O–H groups in total. The maximum Gasteiger partial charge on any atom is 0.328 e. The maximum absolute atomic E-state index is 12.4. The van der Waals surface area contributed by atoms with Gasteiger partial charge in [0.1, 0.15) is 6.04 Å². The lowest BCUT2D eigenvalue weighted by atomic mass is 10.0. The van der Waals surface area contributed by atoms with Crippen LogP contribution in [0, 0.1) is 5.92 Å². The van der Waals surface area contributed by atoms with E-state index in [-0.39, 0.29) is 11.9 Å². The van der Waals surface area contributed by atoms with Crippen molar-refractivity contribution < 1.29 is 14.3 Å². The molecule has 1 heterocycles. The van der Waals surface area contributed by atoms with Gasteiger partial charge in [0, 0.05) is 12.1 Å². The number of esters is 1. The molecule has 0 fully saturated rings. The van der Waals surface area contributed by atoms with Crippen LogP contribution in [-0.2, 0) is 16.1 Å². The third-order valence-electron chi connectivity index (χ3n) is 3.39. The van der Waals surface area contributed by atoms with Gasteiger partial charge in [-0.1, -0.05) is 32.0 Å². The summed E-state index contributed by atoms with van der Waals surface area (Å²) in [6, 6.07) is 6.99. The summed E-state index contributed by atoms with van der Waals surface area (Å²) >= 11 is 0. The quantitative estimate of drug-likeness (QED) is 0.781. The fourth-order valence-corrected chi connectivity index (χ4v) is 2.46. The molecular formula is C15H19NO3. The Hall–Kier alpha value is -1.84. The van der Waals surface area contributed by atoms with E-state index in [1.165, 1.54) is 7.11 Å². The van der Waals surface area contributed by atoms with Crippen LogP contribution < -0.4 is 0 Å². The van der Waals surface area contributed by atoms with Crippen molar-refractivity contribution in [3.63, 3.8) is 0 Å².